The summed E-state index contributed by atoms with van der Waals surface area (Å²) >= 11 is 0. The number of carbonyl (C=O) groups is 1. The SMILES string of the molecule is CNCCC(=O)NC(C)C1CCCO1. The zero-order chi connectivity index (χ0) is 10.4. The lowest BCUT2D eigenvalue weighted by Crippen LogP contribution is -2.41. The molecular formula is C10H20N2O2. The molecule has 2 unspecified atom stereocenters. The van der Waals surface area contributed by atoms with Gasteiger partial charge in [0, 0.05) is 19.6 Å². The number of hydrogen-bond donors (Lipinski definition) is 2. The van der Waals surface area contributed by atoms with Gasteiger partial charge >= 0.3 is 0 Å². The predicted octanol–water partition coefficient (Wildman–Crippen LogP) is 0.280. The van der Waals surface area contributed by atoms with E-state index < -0.39 is 0 Å². The minimum absolute atomic E-state index is 0.0994. The molecule has 0 spiro atoms. The van der Waals surface area contributed by atoms with E-state index in [2.05, 4.69) is 10.6 Å². The van der Waals surface area contributed by atoms with Gasteiger partial charge < -0.3 is 15.4 Å². The molecule has 1 amide bonds. The second-order valence-corrected chi connectivity index (χ2v) is 3.76. The zero-order valence-corrected chi connectivity index (χ0v) is 9.01. The molecule has 4 heteroatoms. The van der Waals surface area contributed by atoms with Crippen LogP contribution in [0.15, 0.2) is 0 Å². The van der Waals surface area contributed by atoms with Crippen molar-refractivity contribution in [3.8, 4) is 0 Å². The topological polar surface area (TPSA) is 50.4 Å². The number of hydrogen-bond acceptors (Lipinski definition) is 3. The molecule has 0 aromatic carbocycles. The van der Waals surface area contributed by atoms with Crippen molar-refractivity contribution in [2.24, 2.45) is 0 Å². The molecule has 0 radical (unpaired) electrons. The molecule has 82 valence electrons. The molecule has 1 aliphatic heterocycles. The van der Waals surface area contributed by atoms with Gasteiger partial charge in [-0.2, -0.15) is 0 Å². The fourth-order valence-electron chi connectivity index (χ4n) is 1.65. The third kappa shape index (κ3) is 3.64. The lowest BCUT2D eigenvalue weighted by molar-refractivity contribution is -0.122. The van der Waals surface area contributed by atoms with E-state index in [-0.39, 0.29) is 18.1 Å². The maximum Gasteiger partial charge on any atom is 0.221 e. The summed E-state index contributed by atoms with van der Waals surface area (Å²) in [7, 11) is 1.84. The molecule has 1 saturated heterocycles. The fraction of sp³-hybridized carbons (Fsp3) is 0.900. The van der Waals surface area contributed by atoms with E-state index in [4.69, 9.17) is 4.74 Å². The summed E-state index contributed by atoms with van der Waals surface area (Å²) in [6.07, 6.45) is 2.93. The Bertz CT molecular complexity index is 179. The van der Waals surface area contributed by atoms with Gasteiger partial charge in [-0.15, -0.1) is 0 Å². The van der Waals surface area contributed by atoms with E-state index in [1.54, 1.807) is 0 Å². The Labute approximate surface area is 85.4 Å². The second-order valence-electron chi connectivity index (χ2n) is 3.76. The van der Waals surface area contributed by atoms with E-state index >= 15 is 0 Å². The summed E-state index contributed by atoms with van der Waals surface area (Å²) < 4.78 is 5.49. The molecule has 1 heterocycles. The molecule has 0 aromatic rings. The molecule has 1 fully saturated rings. The molecule has 0 bridgehead atoms. The molecule has 14 heavy (non-hydrogen) atoms. The van der Waals surface area contributed by atoms with Crippen molar-refractivity contribution >= 4 is 5.91 Å². The highest BCUT2D eigenvalue weighted by Gasteiger charge is 2.23. The van der Waals surface area contributed by atoms with Crippen molar-refractivity contribution in [1.82, 2.24) is 10.6 Å². The van der Waals surface area contributed by atoms with E-state index in [0.717, 1.165) is 26.0 Å². The maximum absolute atomic E-state index is 11.4. The van der Waals surface area contributed by atoms with Gasteiger partial charge in [0.15, 0.2) is 0 Å². The Morgan fingerprint density at radius 2 is 2.43 bits per heavy atom. The highest BCUT2D eigenvalue weighted by molar-refractivity contribution is 5.76. The Kier molecular flexibility index (Phi) is 4.90. The zero-order valence-electron chi connectivity index (χ0n) is 9.01. The molecule has 0 aliphatic carbocycles. The van der Waals surface area contributed by atoms with Gasteiger partial charge in [0.25, 0.3) is 0 Å². The lowest BCUT2D eigenvalue weighted by atomic mass is 10.1. The van der Waals surface area contributed by atoms with Crippen LogP contribution >= 0.6 is 0 Å². The van der Waals surface area contributed by atoms with Gasteiger partial charge in [0.2, 0.25) is 5.91 Å². The molecule has 1 aliphatic rings. The summed E-state index contributed by atoms with van der Waals surface area (Å²) in [5, 5.41) is 5.90. The summed E-state index contributed by atoms with van der Waals surface area (Å²) in [5.74, 6) is 0.0994. The smallest absolute Gasteiger partial charge is 0.221 e. The molecule has 4 nitrogen and oxygen atoms in total. The highest BCUT2D eigenvalue weighted by atomic mass is 16.5. The van der Waals surface area contributed by atoms with Gasteiger partial charge in [-0.25, -0.2) is 0 Å². The normalized spacial score (nSPS) is 23.4. The third-order valence-corrected chi connectivity index (χ3v) is 2.51. The first-order chi connectivity index (χ1) is 6.74. The van der Waals surface area contributed by atoms with Crippen LogP contribution in [0.4, 0.5) is 0 Å². The first-order valence-corrected chi connectivity index (χ1v) is 5.29. The van der Waals surface area contributed by atoms with Crippen LogP contribution in [0.5, 0.6) is 0 Å². The first-order valence-electron chi connectivity index (χ1n) is 5.29. The van der Waals surface area contributed by atoms with Crippen LogP contribution in [0, 0.1) is 0 Å². The van der Waals surface area contributed by atoms with E-state index in [9.17, 15) is 4.79 Å². The van der Waals surface area contributed by atoms with E-state index in [1.807, 2.05) is 14.0 Å². The molecule has 0 saturated carbocycles. The van der Waals surface area contributed by atoms with Crippen LogP contribution in [-0.4, -0.2) is 38.3 Å². The molecule has 1 rings (SSSR count). The first kappa shape index (κ1) is 11.5. The van der Waals surface area contributed by atoms with Gasteiger partial charge in [-0.05, 0) is 26.8 Å². The third-order valence-electron chi connectivity index (χ3n) is 2.51. The number of ether oxygens (including phenoxy) is 1. The van der Waals surface area contributed by atoms with Crippen LogP contribution in [0.25, 0.3) is 0 Å². The van der Waals surface area contributed by atoms with Gasteiger partial charge in [-0.1, -0.05) is 0 Å². The van der Waals surface area contributed by atoms with Crippen molar-refractivity contribution in [2.75, 3.05) is 20.2 Å². The average Bonchev–Trinajstić information content (AvgIpc) is 2.67. The van der Waals surface area contributed by atoms with Crippen molar-refractivity contribution in [3.05, 3.63) is 0 Å². The summed E-state index contributed by atoms with van der Waals surface area (Å²) in [5.41, 5.74) is 0. The quantitative estimate of drug-likeness (QED) is 0.670. The Hall–Kier alpha value is -0.610. The van der Waals surface area contributed by atoms with Crippen molar-refractivity contribution in [3.63, 3.8) is 0 Å². The molecule has 2 atom stereocenters. The number of carbonyl (C=O) groups excluding carboxylic acids is 1. The lowest BCUT2D eigenvalue weighted by Gasteiger charge is -2.19. The van der Waals surface area contributed by atoms with E-state index in [1.165, 1.54) is 0 Å². The van der Waals surface area contributed by atoms with Gasteiger partial charge in [0.05, 0.1) is 12.1 Å². The predicted molar refractivity (Wildman–Crippen MR) is 55.1 cm³/mol. The summed E-state index contributed by atoms with van der Waals surface area (Å²) in [6, 6.07) is 0.141. The van der Waals surface area contributed by atoms with Crippen LogP contribution in [0.2, 0.25) is 0 Å². The minimum atomic E-state index is 0.0994. The van der Waals surface area contributed by atoms with Crippen molar-refractivity contribution in [2.45, 2.75) is 38.3 Å². The van der Waals surface area contributed by atoms with Crippen LogP contribution in [0.1, 0.15) is 26.2 Å². The van der Waals surface area contributed by atoms with Crippen molar-refractivity contribution in [1.29, 1.82) is 0 Å². The number of nitrogens with one attached hydrogen (secondary N) is 2. The molecular weight excluding hydrogens is 180 g/mol. The highest BCUT2D eigenvalue weighted by Crippen LogP contribution is 2.15. The van der Waals surface area contributed by atoms with Crippen LogP contribution < -0.4 is 10.6 Å². The minimum Gasteiger partial charge on any atom is -0.376 e. The largest absolute Gasteiger partial charge is 0.376 e. The van der Waals surface area contributed by atoms with E-state index in [0.29, 0.717) is 6.42 Å². The van der Waals surface area contributed by atoms with Crippen LogP contribution in [-0.2, 0) is 9.53 Å². The Morgan fingerprint density at radius 3 is 3.00 bits per heavy atom. The summed E-state index contributed by atoms with van der Waals surface area (Å²) in [6.45, 7) is 3.57. The standard InChI is InChI=1S/C10H20N2O2/c1-8(9-4-3-7-14-9)12-10(13)5-6-11-2/h8-9,11H,3-7H2,1-2H3,(H,12,13). The number of amides is 1. The van der Waals surface area contributed by atoms with Gasteiger partial charge in [-0.3, -0.25) is 4.79 Å². The molecule has 2 N–H and O–H groups in total. The molecule has 0 aromatic heterocycles. The maximum atomic E-state index is 11.4. The second kappa shape index (κ2) is 5.98. The van der Waals surface area contributed by atoms with Crippen molar-refractivity contribution < 1.29 is 9.53 Å². The monoisotopic (exact) mass is 200 g/mol. The Morgan fingerprint density at radius 1 is 1.64 bits per heavy atom. The summed E-state index contributed by atoms with van der Waals surface area (Å²) in [4.78, 5) is 11.4. The van der Waals surface area contributed by atoms with Gasteiger partial charge in [0.1, 0.15) is 0 Å². The fourth-order valence-corrected chi connectivity index (χ4v) is 1.65. The number of rotatable bonds is 5. The Balaban J connectivity index is 2.18. The van der Waals surface area contributed by atoms with Crippen LogP contribution in [0.3, 0.4) is 0 Å². The average molecular weight is 200 g/mol.